The third-order valence-corrected chi connectivity index (χ3v) is 5.74. The van der Waals surface area contributed by atoms with Gasteiger partial charge in [-0.3, -0.25) is 9.80 Å². The van der Waals surface area contributed by atoms with Gasteiger partial charge in [-0.05, 0) is 49.9 Å². The van der Waals surface area contributed by atoms with E-state index in [2.05, 4.69) is 28.0 Å². The summed E-state index contributed by atoms with van der Waals surface area (Å²) in [5.41, 5.74) is 2.50. The number of piperidine rings is 1. The molecular formula is C18H26N2O. The van der Waals surface area contributed by atoms with Crippen LogP contribution >= 0.6 is 0 Å². The summed E-state index contributed by atoms with van der Waals surface area (Å²) in [6, 6.07) is 9.44. The molecule has 0 amide bonds. The number of likely N-dealkylation sites (tertiary alicyclic amines) is 2. The first-order valence-corrected chi connectivity index (χ1v) is 8.57. The van der Waals surface area contributed by atoms with Crippen molar-refractivity contribution in [3.63, 3.8) is 0 Å². The summed E-state index contributed by atoms with van der Waals surface area (Å²) in [4.78, 5) is 5.24. The molecule has 1 N–H and O–H groups in total. The average Bonchev–Trinajstić information content (AvgIpc) is 3.14. The molecule has 2 fully saturated rings. The molecular weight excluding hydrogens is 260 g/mol. The van der Waals surface area contributed by atoms with Crippen LogP contribution in [0.2, 0.25) is 0 Å². The van der Waals surface area contributed by atoms with Crippen LogP contribution in [-0.2, 0) is 6.42 Å². The zero-order valence-electron chi connectivity index (χ0n) is 12.7. The molecule has 0 radical (unpaired) electrons. The normalized spacial score (nSPS) is 34.2. The van der Waals surface area contributed by atoms with E-state index in [1.165, 1.54) is 44.3 Å². The van der Waals surface area contributed by atoms with Crippen LogP contribution in [0.4, 0.5) is 0 Å². The van der Waals surface area contributed by atoms with Crippen LogP contribution in [-0.4, -0.2) is 53.2 Å². The highest BCUT2D eigenvalue weighted by Crippen LogP contribution is 2.36. The standard InChI is InChI=1S/C18H26N2O/c21-18-16-7-3-2-6-14(16)12-17(18)20-11-8-15(13-20)19-9-4-1-5-10-19/h2-3,6-7,15,17-18,21H,1,4-5,8-13H2. The summed E-state index contributed by atoms with van der Waals surface area (Å²) >= 11 is 0. The van der Waals surface area contributed by atoms with Crippen molar-refractivity contribution in [1.29, 1.82) is 0 Å². The second-order valence-corrected chi connectivity index (χ2v) is 6.95. The number of hydrogen-bond donors (Lipinski definition) is 1. The molecule has 0 spiro atoms. The van der Waals surface area contributed by atoms with Crippen molar-refractivity contribution >= 4 is 0 Å². The first-order chi connectivity index (χ1) is 10.3. The van der Waals surface area contributed by atoms with E-state index in [0.29, 0.717) is 6.04 Å². The maximum atomic E-state index is 10.6. The molecule has 3 atom stereocenters. The predicted molar refractivity (Wildman–Crippen MR) is 84.3 cm³/mol. The Labute approximate surface area is 127 Å². The largest absolute Gasteiger partial charge is 0.387 e. The van der Waals surface area contributed by atoms with Crippen molar-refractivity contribution in [1.82, 2.24) is 9.80 Å². The highest BCUT2D eigenvalue weighted by molar-refractivity contribution is 5.36. The summed E-state index contributed by atoms with van der Waals surface area (Å²) in [7, 11) is 0. The lowest BCUT2D eigenvalue weighted by atomic mass is 10.1. The molecule has 3 heteroatoms. The van der Waals surface area contributed by atoms with Crippen molar-refractivity contribution in [2.45, 2.75) is 50.3 Å². The highest BCUT2D eigenvalue weighted by Gasteiger charge is 2.39. The van der Waals surface area contributed by atoms with E-state index >= 15 is 0 Å². The molecule has 2 aliphatic heterocycles. The monoisotopic (exact) mass is 286 g/mol. The van der Waals surface area contributed by atoms with Crippen LogP contribution in [0.1, 0.15) is 42.9 Å². The SMILES string of the molecule is OC1c2ccccc2CC1N1CCC(N2CCCCC2)C1. The fraction of sp³-hybridized carbons (Fsp3) is 0.667. The van der Waals surface area contributed by atoms with Gasteiger partial charge in [0.25, 0.3) is 0 Å². The van der Waals surface area contributed by atoms with Gasteiger partial charge in [0.15, 0.2) is 0 Å². The zero-order chi connectivity index (χ0) is 14.2. The Kier molecular flexibility index (Phi) is 3.74. The summed E-state index contributed by atoms with van der Waals surface area (Å²) in [6.07, 6.45) is 6.15. The van der Waals surface area contributed by atoms with Gasteiger partial charge in [-0.25, -0.2) is 0 Å². The minimum Gasteiger partial charge on any atom is -0.387 e. The fourth-order valence-corrected chi connectivity index (χ4v) is 4.53. The number of rotatable bonds is 2. The number of aliphatic hydroxyl groups is 1. The minimum atomic E-state index is -0.290. The number of nitrogens with zero attached hydrogens (tertiary/aromatic N) is 2. The van der Waals surface area contributed by atoms with Gasteiger partial charge < -0.3 is 5.11 Å². The molecule has 0 aromatic heterocycles. The van der Waals surface area contributed by atoms with Gasteiger partial charge in [0.1, 0.15) is 0 Å². The molecule has 1 aromatic carbocycles. The van der Waals surface area contributed by atoms with Crippen molar-refractivity contribution in [2.24, 2.45) is 0 Å². The number of aliphatic hydroxyl groups excluding tert-OH is 1. The summed E-state index contributed by atoms with van der Waals surface area (Å²) < 4.78 is 0. The number of fused-ring (bicyclic) bond motifs is 1. The Hall–Kier alpha value is -0.900. The van der Waals surface area contributed by atoms with Gasteiger partial charge in [-0.2, -0.15) is 0 Å². The Bertz CT molecular complexity index is 498. The Balaban J connectivity index is 1.42. The quantitative estimate of drug-likeness (QED) is 0.903. The molecule has 21 heavy (non-hydrogen) atoms. The lowest BCUT2D eigenvalue weighted by molar-refractivity contribution is 0.0673. The Morgan fingerprint density at radius 3 is 2.57 bits per heavy atom. The fourth-order valence-electron chi connectivity index (χ4n) is 4.53. The summed E-state index contributed by atoms with van der Waals surface area (Å²) in [6.45, 7) is 4.87. The van der Waals surface area contributed by atoms with Gasteiger partial charge in [0, 0.05) is 25.2 Å². The maximum absolute atomic E-state index is 10.6. The van der Waals surface area contributed by atoms with Gasteiger partial charge in [0.2, 0.25) is 0 Å². The lowest BCUT2D eigenvalue weighted by Crippen LogP contribution is -2.43. The average molecular weight is 286 g/mol. The minimum absolute atomic E-state index is 0.290. The molecule has 114 valence electrons. The van der Waals surface area contributed by atoms with Gasteiger partial charge in [0.05, 0.1) is 6.10 Å². The number of hydrogen-bond acceptors (Lipinski definition) is 3. The molecule has 2 saturated heterocycles. The summed E-state index contributed by atoms with van der Waals surface area (Å²) in [5.74, 6) is 0. The molecule has 3 nitrogen and oxygen atoms in total. The second-order valence-electron chi connectivity index (χ2n) is 6.95. The maximum Gasteiger partial charge on any atom is 0.0951 e. The topological polar surface area (TPSA) is 26.7 Å². The molecule has 0 bridgehead atoms. The van der Waals surface area contributed by atoms with E-state index in [9.17, 15) is 5.11 Å². The van der Waals surface area contributed by atoms with Crippen LogP contribution in [0.15, 0.2) is 24.3 Å². The van der Waals surface area contributed by atoms with Crippen molar-refractivity contribution in [3.8, 4) is 0 Å². The number of benzene rings is 1. The van der Waals surface area contributed by atoms with Crippen LogP contribution in [0.5, 0.6) is 0 Å². The molecule has 0 saturated carbocycles. The first kappa shape index (κ1) is 13.7. The molecule has 3 aliphatic rings. The third-order valence-electron chi connectivity index (χ3n) is 5.74. The molecule has 4 rings (SSSR count). The van der Waals surface area contributed by atoms with E-state index < -0.39 is 0 Å². The van der Waals surface area contributed by atoms with Gasteiger partial charge in [-0.1, -0.05) is 30.7 Å². The molecule has 3 unspecified atom stereocenters. The van der Waals surface area contributed by atoms with Crippen LogP contribution in [0, 0.1) is 0 Å². The Morgan fingerprint density at radius 1 is 0.952 bits per heavy atom. The van der Waals surface area contributed by atoms with Crippen molar-refractivity contribution < 1.29 is 5.11 Å². The molecule has 1 aromatic rings. The highest BCUT2D eigenvalue weighted by atomic mass is 16.3. The molecule has 1 aliphatic carbocycles. The Morgan fingerprint density at radius 2 is 1.76 bits per heavy atom. The zero-order valence-corrected chi connectivity index (χ0v) is 12.7. The van der Waals surface area contributed by atoms with Crippen LogP contribution < -0.4 is 0 Å². The summed E-state index contributed by atoms with van der Waals surface area (Å²) in [5, 5.41) is 10.6. The van der Waals surface area contributed by atoms with E-state index in [1.54, 1.807) is 0 Å². The van der Waals surface area contributed by atoms with Gasteiger partial charge >= 0.3 is 0 Å². The van der Waals surface area contributed by atoms with E-state index in [0.717, 1.165) is 31.1 Å². The molecule has 2 heterocycles. The van der Waals surface area contributed by atoms with E-state index in [-0.39, 0.29) is 6.10 Å². The van der Waals surface area contributed by atoms with Gasteiger partial charge in [-0.15, -0.1) is 0 Å². The van der Waals surface area contributed by atoms with E-state index in [4.69, 9.17) is 0 Å². The second kappa shape index (κ2) is 5.71. The third kappa shape index (κ3) is 2.52. The van der Waals surface area contributed by atoms with Crippen molar-refractivity contribution in [2.75, 3.05) is 26.2 Å². The lowest BCUT2D eigenvalue weighted by Gasteiger charge is -2.33. The van der Waals surface area contributed by atoms with Crippen molar-refractivity contribution in [3.05, 3.63) is 35.4 Å². The first-order valence-electron chi connectivity index (χ1n) is 8.57. The predicted octanol–water partition coefficient (Wildman–Crippen LogP) is 2.20. The smallest absolute Gasteiger partial charge is 0.0951 e. The van der Waals surface area contributed by atoms with Crippen LogP contribution in [0.3, 0.4) is 0 Å². The van der Waals surface area contributed by atoms with E-state index in [1.807, 2.05) is 6.07 Å². The van der Waals surface area contributed by atoms with Crippen LogP contribution in [0.25, 0.3) is 0 Å².